The Labute approximate surface area is 358 Å². The third kappa shape index (κ3) is 8.78. The fourth-order valence-electron chi connectivity index (χ4n) is 8.28. The fourth-order valence-corrected chi connectivity index (χ4v) is 8.28. The van der Waals surface area contributed by atoms with E-state index in [0.29, 0.717) is 34.7 Å². The first kappa shape index (κ1) is 41.5. The summed E-state index contributed by atoms with van der Waals surface area (Å²) < 4.78 is 0. The van der Waals surface area contributed by atoms with Crippen LogP contribution in [0.25, 0.3) is 21.8 Å². The number of aromatic amines is 2. The van der Waals surface area contributed by atoms with Crippen molar-refractivity contribution >= 4 is 62.5 Å². The fraction of sp³-hybridized carbons (Fsp3) is 0.200. The van der Waals surface area contributed by atoms with Crippen LogP contribution in [0, 0.1) is 5.92 Å². The van der Waals surface area contributed by atoms with Crippen molar-refractivity contribution in [2.45, 2.75) is 44.9 Å². The van der Waals surface area contributed by atoms with Gasteiger partial charge >= 0.3 is 0 Å². The lowest BCUT2D eigenvalue weighted by Crippen LogP contribution is -2.44. The number of carbonyl (C=O) groups excluding carboxylic acids is 4. The number of rotatable bonds is 16. The van der Waals surface area contributed by atoms with Gasteiger partial charge in [0.05, 0.1) is 31.7 Å². The van der Waals surface area contributed by atoms with Crippen LogP contribution >= 0.6 is 0 Å². The summed E-state index contributed by atoms with van der Waals surface area (Å²) in [5.74, 6) is -2.05. The number of aliphatic hydroxyl groups is 2. The number of nitrogens with zero attached hydrogens (tertiary/aromatic N) is 2. The van der Waals surface area contributed by atoms with Gasteiger partial charge in [0.25, 0.3) is 5.91 Å². The summed E-state index contributed by atoms with van der Waals surface area (Å²) in [6.07, 6.45) is 7.22. The number of fused-ring (bicyclic) bond motifs is 3. The molecule has 0 radical (unpaired) electrons. The molecule has 0 spiro atoms. The third-order valence-corrected chi connectivity index (χ3v) is 11.5. The van der Waals surface area contributed by atoms with E-state index < -0.39 is 17.4 Å². The summed E-state index contributed by atoms with van der Waals surface area (Å²) in [6, 6.07) is 37.4. The van der Waals surface area contributed by atoms with Crippen LogP contribution in [-0.2, 0) is 50.7 Å². The maximum Gasteiger partial charge on any atom is 0.264 e. The largest absolute Gasteiger partial charge is 0.395 e. The molecule has 5 aromatic carbocycles. The molecule has 0 bridgehead atoms. The molecule has 0 unspecified atom stereocenters. The molecule has 1 aliphatic heterocycles. The standard InChI is InChI=1S/C50H48N6O6/c1-33(11-9-20-48(60)55(23-24-57)31-34-12-3-2-4-13-34)50(62)42-28-39(54-47(59)27-37-30-52-44-19-8-6-17-41(37)44)21-22-45(42)56(49(50)61)32-35-14-10-15-38(25-35)53-46(58)26-36-29-51-43-18-7-5-16-40(36)43/h2-19,21-22,25,28-30,33,51-52,57,62H,20,23-24,26-27,31-32H2,1H3,(H,53,58)(H,54,59)/b11-9+/t33-,50+/m1/s1. The molecule has 2 aromatic heterocycles. The van der Waals surface area contributed by atoms with Crippen LogP contribution in [0.4, 0.5) is 17.1 Å². The Hall–Kier alpha value is -7.28. The molecule has 8 rings (SSSR count). The van der Waals surface area contributed by atoms with Gasteiger partial charge < -0.3 is 40.6 Å². The summed E-state index contributed by atoms with van der Waals surface area (Å²) in [6.45, 7) is 2.09. The molecule has 4 amide bonds. The molecule has 7 aromatic rings. The van der Waals surface area contributed by atoms with E-state index >= 15 is 0 Å². The molecule has 12 heteroatoms. The number of amides is 4. The van der Waals surface area contributed by atoms with Gasteiger partial charge in [-0.15, -0.1) is 0 Å². The number of H-pyrrole nitrogens is 2. The summed E-state index contributed by atoms with van der Waals surface area (Å²) in [7, 11) is 0. The quantitative estimate of drug-likeness (QED) is 0.0557. The highest BCUT2D eigenvalue weighted by Gasteiger charge is 2.52. The molecule has 1 aliphatic rings. The van der Waals surface area contributed by atoms with E-state index in [-0.39, 0.29) is 56.7 Å². The molecule has 0 saturated heterocycles. The molecular formula is C50H48N6O6. The zero-order chi connectivity index (χ0) is 43.2. The molecule has 12 nitrogen and oxygen atoms in total. The van der Waals surface area contributed by atoms with E-state index in [4.69, 9.17) is 0 Å². The maximum atomic E-state index is 14.6. The minimum absolute atomic E-state index is 0.0131. The molecule has 6 N–H and O–H groups in total. The highest BCUT2D eigenvalue weighted by atomic mass is 16.3. The second-order valence-electron chi connectivity index (χ2n) is 15.7. The van der Waals surface area contributed by atoms with Crippen LogP contribution < -0.4 is 15.5 Å². The van der Waals surface area contributed by atoms with Crippen LogP contribution in [0.2, 0.25) is 0 Å². The van der Waals surface area contributed by atoms with Crippen molar-refractivity contribution in [1.82, 2.24) is 14.9 Å². The van der Waals surface area contributed by atoms with Crippen LogP contribution in [0.1, 0.15) is 41.2 Å². The highest BCUT2D eigenvalue weighted by molar-refractivity contribution is 6.08. The Bertz CT molecular complexity index is 2790. The molecule has 0 fully saturated rings. The Morgan fingerprint density at radius 1 is 0.758 bits per heavy atom. The summed E-state index contributed by atoms with van der Waals surface area (Å²) >= 11 is 0. The monoisotopic (exact) mass is 828 g/mol. The second kappa shape index (κ2) is 18.1. The normalized spacial score (nSPS) is 15.3. The van der Waals surface area contributed by atoms with Crippen molar-refractivity contribution in [3.05, 3.63) is 174 Å². The van der Waals surface area contributed by atoms with E-state index in [1.165, 1.54) is 4.90 Å². The van der Waals surface area contributed by atoms with Crippen molar-refractivity contribution in [1.29, 1.82) is 0 Å². The average Bonchev–Trinajstić information content (AvgIpc) is 3.94. The molecular weight excluding hydrogens is 781 g/mol. The number of hydrogen-bond acceptors (Lipinski definition) is 6. The van der Waals surface area contributed by atoms with E-state index in [0.717, 1.165) is 38.5 Å². The summed E-state index contributed by atoms with van der Waals surface area (Å²) in [5.41, 5.74) is 4.92. The SMILES string of the molecule is C[C@H](/C=C/CC(=O)N(CCO)Cc1ccccc1)[C@@]1(O)C(=O)N(Cc2cccc(NC(=O)Cc3c[nH]c4ccccc34)c2)c2ccc(NC(=O)Cc3c[nH]c4ccccc34)cc21. The van der Waals surface area contributed by atoms with Crippen molar-refractivity contribution in [2.75, 3.05) is 28.7 Å². The number of benzene rings is 5. The molecule has 3 heterocycles. The van der Waals surface area contributed by atoms with Crippen LogP contribution in [0.3, 0.4) is 0 Å². The van der Waals surface area contributed by atoms with E-state index in [2.05, 4.69) is 20.6 Å². The van der Waals surface area contributed by atoms with Gasteiger partial charge in [-0.25, -0.2) is 0 Å². The van der Waals surface area contributed by atoms with Gasteiger partial charge in [0.1, 0.15) is 0 Å². The minimum atomic E-state index is -2.06. The molecule has 0 saturated carbocycles. The van der Waals surface area contributed by atoms with Gasteiger partial charge in [-0.1, -0.05) is 97.9 Å². The number of nitrogens with one attached hydrogen (secondary N) is 4. The van der Waals surface area contributed by atoms with Crippen molar-refractivity contribution in [3.63, 3.8) is 0 Å². The minimum Gasteiger partial charge on any atom is -0.395 e. The van der Waals surface area contributed by atoms with Gasteiger partial charge in [-0.05, 0) is 64.7 Å². The van der Waals surface area contributed by atoms with E-state index in [1.807, 2.05) is 97.3 Å². The predicted octanol–water partition coefficient (Wildman–Crippen LogP) is 7.35. The molecule has 62 heavy (non-hydrogen) atoms. The van der Waals surface area contributed by atoms with Crippen LogP contribution in [0.15, 0.2) is 146 Å². The highest BCUT2D eigenvalue weighted by Crippen LogP contribution is 2.47. The van der Waals surface area contributed by atoms with Gasteiger partial charge in [0, 0.05) is 76.6 Å². The third-order valence-electron chi connectivity index (χ3n) is 11.5. The lowest BCUT2D eigenvalue weighted by Gasteiger charge is -2.28. The lowest BCUT2D eigenvalue weighted by atomic mass is 9.82. The van der Waals surface area contributed by atoms with Gasteiger partial charge in [-0.3, -0.25) is 19.2 Å². The topological polar surface area (TPSA) is 171 Å². The molecule has 2 atom stereocenters. The number of carbonyl (C=O) groups is 4. The molecule has 314 valence electrons. The van der Waals surface area contributed by atoms with Crippen molar-refractivity contribution in [2.24, 2.45) is 5.92 Å². The number of aliphatic hydroxyl groups excluding tert-OH is 1. The second-order valence-corrected chi connectivity index (χ2v) is 15.7. The summed E-state index contributed by atoms with van der Waals surface area (Å²) in [5, 5.41) is 30.2. The van der Waals surface area contributed by atoms with Crippen LogP contribution in [-0.4, -0.2) is 61.9 Å². The Kier molecular flexibility index (Phi) is 12.1. The number of para-hydroxylation sites is 2. The van der Waals surface area contributed by atoms with E-state index in [1.54, 1.807) is 60.4 Å². The van der Waals surface area contributed by atoms with Gasteiger partial charge in [-0.2, -0.15) is 0 Å². The average molecular weight is 829 g/mol. The first-order valence-electron chi connectivity index (χ1n) is 20.7. The lowest BCUT2D eigenvalue weighted by molar-refractivity contribution is -0.139. The molecule has 0 aliphatic carbocycles. The van der Waals surface area contributed by atoms with Gasteiger partial charge in [0.2, 0.25) is 17.7 Å². The maximum absolute atomic E-state index is 14.6. The predicted molar refractivity (Wildman–Crippen MR) is 241 cm³/mol. The smallest absolute Gasteiger partial charge is 0.264 e. The van der Waals surface area contributed by atoms with Gasteiger partial charge in [0.15, 0.2) is 5.60 Å². The van der Waals surface area contributed by atoms with E-state index in [9.17, 15) is 29.4 Å². The Morgan fingerprint density at radius 2 is 1.35 bits per heavy atom. The zero-order valence-corrected chi connectivity index (χ0v) is 34.3. The number of hydrogen-bond donors (Lipinski definition) is 6. The van der Waals surface area contributed by atoms with Crippen molar-refractivity contribution in [3.8, 4) is 0 Å². The summed E-state index contributed by atoms with van der Waals surface area (Å²) in [4.78, 5) is 64.1. The zero-order valence-electron chi connectivity index (χ0n) is 34.3. The Morgan fingerprint density at radius 3 is 2.00 bits per heavy atom. The first-order chi connectivity index (χ1) is 30.1. The number of aromatic nitrogens is 2. The first-order valence-corrected chi connectivity index (χ1v) is 20.7. The number of anilines is 3. The Balaban J connectivity index is 1.02. The van der Waals surface area contributed by atoms with Crippen LogP contribution in [0.5, 0.6) is 0 Å². The van der Waals surface area contributed by atoms with Crippen molar-refractivity contribution < 1.29 is 29.4 Å².